The van der Waals surface area contributed by atoms with E-state index in [-0.39, 0.29) is 11.8 Å². The highest BCUT2D eigenvalue weighted by Crippen LogP contribution is 2.29. The Kier molecular flexibility index (Phi) is 4.29. The fraction of sp³-hybridized carbons (Fsp3) is 0.286. The number of carbonyl (C=O) groups is 1. The molecule has 1 fully saturated rings. The van der Waals surface area contributed by atoms with Gasteiger partial charge >= 0.3 is 0 Å². The summed E-state index contributed by atoms with van der Waals surface area (Å²) in [7, 11) is 0. The summed E-state index contributed by atoms with van der Waals surface area (Å²) in [5, 5.41) is 4.13. The normalized spacial score (nSPS) is 17.1. The molecule has 1 aromatic heterocycles. The molecule has 0 saturated carbocycles. The van der Waals surface area contributed by atoms with Gasteiger partial charge in [0.1, 0.15) is 0 Å². The number of benzene rings is 2. The molecule has 0 aliphatic carbocycles. The van der Waals surface area contributed by atoms with E-state index in [1.54, 1.807) is 0 Å². The van der Waals surface area contributed by atoms with E-state index >= 15 is 0 Å². The molecule has 1 saturated heterocycles. The van der Waals surface area contributed by atoms with Crippen LogP contribution in [0.25, 0.3) is 11.5 Å². The van der Waals surface area contributed by atoms with Gasteiger partial charge < -0.3 is 9.42 Å². The van der Waals surface area contributed by atoms with Gasteiger partial charge in [-0.05, 0) is 37.1 Å². The van der Waals surface area contributed by atoms with Crippen molar-refractivity contribution in [2.45, 2.75) is 32.7 Å². The lowest BCUT2D eigenvalue weighted by atomic mass is 10.1. The Morgan fingerprint density at radius 2 is 2.00 bits per heavy atom. The van der Waals surface area contributed by atoms with Crippen LogP contribution in [0.1, 0.15) is 34.9 Å². The number of amides is 1. The van der Waals surface area contributed by atoms with Crippen LogP contribution in [0.2, 0.25) is 0 Å². The Bertz CT molecular complexity index is 948. The van der Waals surface area contributed by atoms with Gasteiger partial charge in [-0.3, -0.25) is 4.79 Å². The van der Waals surface area contributed by atoms with Gasteiger partial charge in [-0.15, -0.1) is 0 Å². The van der Waals surface area contributed by atoms with E-state index in [0.29, 0.717) is 31.2 Å². The predicted molar refractivity (Wildman–Crippen MR) is 98.4 cm³/mol. The molecule has 1 aliphatic rings. The third-order valence-electron chi connectivity index (χ3n) is 4.91. The topological polar surface area (TPSA) is 59.2 Å². The molecule has 0 spiro atoms. The van der Waals surface area contributed by atoms with E-state index in [9.17, 15) is 4.79 Å². The van der Waals surface area contributed by atoms with Crippen LogP contribution in [0.15, 0.2) is 53.1 Å². The van der Waals surface area contributed by atoms with Crippen LogP contribution >= 0.6 is 0 Å². The van der Waals surface area contributed by atoms with Crippen LogP contribution in [0, 0.1) is 13.8 Å². The predicted octanol–water partition coefficient (Wildman–Crippen LogP) is 3.87. The molecule has 2 aromatic carbocycles. The Labute approximate surface area is 152 Å². The number of carbonyl (C=O) groups excluding carboxylic acids is 1. The highest BCUT2D eigenvalue weighted by molar-refractivity contribution is 5.79. The zero-order valence-corrected chi connectivity index (χ0v) is 15.0. The molecule has 26 heavy (non-hydrogen) atoms. The van der Waals surface area contributed by atoms with E-state index < -0.39 is 0 Å². The average Bonchev–Trinajstić information content (AvgIpc) is 3.24. The molecular formula is C21H21N3O2. The Balaban J connectivity index is 1.50. The molecule has 3 aromatic rings. The first-order valence-electron chi connectivity index (χ1n) is 8.83. The summed E-state index contributed by atoms with van der Waals surface area (Å²) in [4.78, 5) is 18.9. The molecule has 5 nitrogen and oxygen atoms in total. The monoisotopic (exact) mass is 347 g/mol. The third kappa shape index (κ3) is 3.25. The number of aryl methyl sites for hydroxylation is 2. The third-order valence-corrected chi connectivity index (χ3v) is 4.91. The van der Waals surface area contributed by atoms with Crippen molar-refractivity contribution >= 4 is 5.91 Å². The second kappa shape index (κ2) is 6.75. The first kappa shape index (κ1) is 16.5. The lowest BCUT2D eigenvalue weighted by Crippen LogP contribution is -2.24. The van der Waals surface area contributed by atoms with Crippen molar-refractivity contribution in [3.63, 3.8) is 0 Å². The minimum atomic E-state index is -0.0196. The Morgan fingerprint density at radius 1 is 1.15 bits per heavy atom. The number of hydrogen-bond acceptors (Lipinski definition) is 4. The SMILES string of the molecule is Cc1cccc(-c2nc(C3CC(=O)N(Cc4ccccc4C)C3)no2)c1. The first-order chi connectivity index (χ1) is 12.6. The summed E-state index contributed by atoms with van der Waals surface area (Å²) in [6, 6.07) is 16.1. The maximum Gasteiger partial charge on any atom is 0.257 e. The number of nitrogens with zero attached hydrogens (tertiary/aromatic N) is 3. The molecule has 0 radical (unpaired) electrons. The van der Waals surface area contributed by atoms with Gasteiger partial charge in [-0.25, -0.2) is 0 Å². The fourth-order valence-corrected chi connectivity index (χ4v) is 3.39. The van der Waals surface area contributed by atoms with E-state index in [1.165, 1.54) is 11.1 Å². The van der Waals surface area contributed by atoms with Crippen molar-refractivity contribution in [1.29, 1.82) is 0 Å². The second-order valence-electron chi connectivity index (χ2n) is 6.93. The van der Waals surface area contributed by atoms with Gasteiger partial charge in [0.25, 0.3) is 5.89 Å². The van der Waals surface area contributed by atoms with E-state index in [0.717, 1.165) is 11.1 Å². The Hall–Kier alpha value is -2.95. The largest absolute Gasteiger partial charge is 0.338 e. The van der Waals surface area contributed by atoms with Crippen LogP contribution in [0.5, 0.6) is 0 Å². The number of hydrogen-bond donors (Lipinski definition) is 0. The molecule has 1 aliphatic heterocycles. The molecule has 1 atom stereocenters. The molecule has 0 bridgehead atoms. The van der Waals surface area contributed by atoms with Crippen LogP contribution in [-0.4, -0.2) is 27.5 Å². The molecule has 2 heterocycles. The smallest absolute Gasteiger partial charge is 0.257 e. The van der Waals surface area contributed by atoms with Gasteiger partial charge in [0.15, 0.2) is 5.82 Å². The molecule has 1 amide bonds. The highest BCUT2D eigenvalue weighted by atomic mass is 16.5. The zero-order chi connectivity index (χ0) is 18.1. The summed E-state index contributed by atoms with van der Waals surface area (Å²) in [6.45, 7) is 5.35. The van der Waals surface area contributed by atoms with Gasteiger partial charge in [0.2, 0.25) is 5.91 Å². The van der Waals surface area contributed by atoms with Crippen LogP contribution in [0.3, 0.4) is 0 Å². The van der Waals surface area contributed by atoms with Gasteiger partial charge in [-0.2, -0.15) is 4.98 Å². The Morgan fingerprint density at radius 3 is 2.81 bits per heavy atom. The number of aromatic nitrogens is 2. The molecule has 132 valence electrons. The lowest BCUT2D eigenvalue weighted by Gasteiger charge is -2.17. The van der Waals surface area contributed by atoms with Crippen molar-refractivity contribution < 1.29 is 9.32 Å². The van der Waals surface area contributed by atoms with Gasteiger partial charge in [0, 0.05) is 31.0 Å². The summed E-state index contributed by atoms with van der Waals surface area (Å²) in [5.41, 5.74) is 4.42. The van der Waals surface area contributed by atoms with E-state index in [2.05, 4.69) is 29.2 Å². The summed E-state index contributed by atoms with van der Waals surface area (Å²) in [5.74, 6) is 1.24. The zero-order valence-electron chi connectivity index (χ0n) is 15.0. The summed E-state index contributed by atoms with van der Waals surface area (Å²) < 4.78 is 5.44. The van der Waals surface area contributed by atoms with Crippen LogP contribution in [-0.2, 0) is 11.3 Å². The number of rotatable bonds is 4. The molecule has 4 rings (SSSR count). The molecular weight excluding hydrogens is 326 g/mol. The average molecular weight is 347 g/mol. The van der Waals surface area contributed by atoms with Crippen LogP contribution < -0.4 is 0 Å². The maximum absolute atomic E-state index is 12.4. The van der Waals surface area contributed by atoms with Crippen molar-refractivity contribution in [3.05, 3.63) is 71.0 Å². The van der Waals surface area contributed by atoms with Crippen molar-refractivity contribution in [2.24, 2.45) is 0 Å². The number of likely N-dealkylation sites (tertiary alicyclic amines) is 1. The van der Waals surface area contributed by atoms with Crippen molar-refractivity contribution in [1.82, 2.24) is 15.0 Å². The fourth-order valence-electron chi connectivity index (χ4n) is 3.39. The second-order valence-corrected chi connectivity index (χ2v) is 6.93. The molecule has 5 heteroatoms. The van der Waals surface area contributed by atoms with Crippen molar-refractivity contribution in [3.8, 4) is 11.5 Å². The van der Waals surface area contributed by atoms with E-state index in [1.807, 2.05) is 48.2 Å². The summed E-state index contributed by atoms with van der Waals surface area (Å²) in [6.07, 6.45) is 0.429. The van der Waals surface area contributed by atoms with Crippen LogP contribution in [0.4, 0.5) is 0 Å². The standard InChI is InChI=1S/C21H21N3O2/c1-14-6-5-9-16(10-14)21-22-20(23-26-21)18-11-19(25)24(13-18)12-17-8-4-3-7-15(17)2/h3-10,18H,11-13H2,1-2H3. The molecule has 0 N–H and O–H groups in total. The molecule has 1 unspecified atom stereocenters. The summed E-state index contributed by atoms with van der Waals surface area (Å²) >= 11 is 0. The minimum Gasteiger partial charge on any atom is -0.338 e. The highest BCUT2D eigenvalue weighted by Gasteiger charge is 2.33. The minimum absolute atomic E-state index is 0.0196. The van der Waals surface area contributed by atoms with Gasteiger partial charge in [0.05, 0.1) is 0 Å². The van der Waals surface area contributed by atoms with E-state index in [4.69, 9.17) is 4.52 Å². The van der Waals surface area contributed by atoms with Gasteiger partial charge in [-0.1, -0.05) is 47.1 Å². The quantitative estimate of drug-likeness (QED) is 0.719. The lowest BCUT2D eigenvalue weighted by molar-refractivity contribution is -0.128. The van der Waals surface area contributed by atoms with Crippen molar-refractivity contribution in [2.75, 3.05) is 6.54 Å². The first-order valence-corrected chi connectivity index (χ1v) is 8.83. The maximum atomic E-state index is 12.4.